The standard InChI is InChI=1S/C8H15N5O/c1-6(8-10-12-13-11-8)9-7-2-4-14-5-3-7/h6-7,9H,2-5H2,1H3,(H,10,11,12,13). The highest BCUT2D eigenvalue weighted by Gasteiger charge is 2.18. The molecular formula is C8H15N5O. The van der Waals surface area contributed by atoms with E-state index < -0.39 is 0 Å². The quantitative estimate of drug-likeness (QED) is 0.715. The number of rotatable bonds is 3. The Morgan fingerprint density at radius 2 is 2.29 bits per heavy atom. The maximum Gasteiger partial charge on any atom is 0.191 e. The Kier molecular flexibility index (Phi) is 3.05. The van der Waals surface area contributed by atoms with Crippen molar-refractivity contribution in [2.75, 3.05) is 13.2 Å². The minimum absolute atomic E-state index is 0.150. The third kappa shape index (κ3) is 2.27. The Hall–Kier alpha value is -1.01. The maximum atomic E-state index is 5.28. The maximum absolute atomic E-state index is 5.28. The summed E-state index contributed by atoms with van der Waals surface area (Å²) in [4.78, 5) is 0. The summed E-state index contributed by atoms with van der Waals surface area (Å²) in [7, 11) is 0. The highest BCUT2D eigenvalue weighted by Crippen LogP contribution is 2.12. The van der Waals surface area contributed by atoms with Crippen molar-refractivity contribution in [3.8, 4) is 0 Å². The first-order valence-electron chi connectivity index (χ1n) is 4.93. The van der Waals surface area contributed by atoms with E-state index >= 15 is 0 Å². The van der Waals surface area contributed by atoms with Crippen LogP contribution in [-0.4, -0.2) is 39.9 Å². The van der Waals surface area contributed by atoms with Gasteiger partial charge in [0.25, 0.3) is 0 Å². The van der Waals surface area contributed by atoms with E-state index in [4.69, 9.17) is 4.74 Å². The molecule has 0 radical (unpaired) electrons. The van der Waals surface area contributed by atoms with Gasteiger partial charge in [-0.3, -0.25) is 0 Å². The molecular weight excluding hydrogens is 182 g/mol. The van der Waals surface area contributed by atoms with Crippen molar-refractivity contribution in [3.05, 3.63) is 5.82 Å². The van der Waals surface area contributed by atoms with Crippen LogP contribution in [0.15, 0.2) is 0 Å². The summed E-state index contributed by atoms with van der Waals surface area (Å²) in [6, 6.07) is 0.661. The van der Waals surface area contributed by atoms with E-state index in [0.717, 1.165) is 31.9 Å². The molecule has 1 saturated heterocycles. The van der Waals surface area contributed by atoms with Crippen LogP contribution in [0.4, 0.5) is 0 Å². The monoisotopic (exact) mass is 197 g/mol. The van der Waals surface area contributed by atoms with Crippen LogP contribution in [0.2, 0.25) is 0 Å². The number of nitrogens with zero attached hydrogens (tertiary/aromatic N) is 3. The van der Waals surface area contributed by atoms with Crippen LogP contribution in [0.5, 0.6) is 0 Å². The molecule has 0 amide bonds. The highest BCUT2D eigenvalue weighted by molar-refractivity contribution is 4.88. The average molecular weight is 197 g/mol. The second-order valence-electron chi connectivity index (χ2n) is 3.55. The Labute approximate surface area is 82.4 Å². The Morgan fingerprint density at radius 1 is 1.50 bits per heavy atom. The van der Waals surface area contributed by atoms with E-state index in [1.807, 2.05) is 6.92 Å². The van der Waals surface area contributed by atoms with Gasteiger partial charge in [0.2, 0.25) is 0 Å². The molecule has 78 valence electrons. The van der Waals surface area contributed by atoms with Crippen molar-refractivity contribution in [1.82, 2.24) is 25.9 Å². The second kappa shape index (κ2) is 4.47. The van der Waals surface area contributed by atoms with Crippen molar-refractivity contribution in [1.29, 1.82) is 0 Å². The van der Waals surface area contributed by atoms with Gasteiger partial charge in [-0.25, -0.2) is 0 Å². The molecule has 1 aliphatic rings. The fraction of sp³-hybridized carbons (Fsp3) is 0.875. The number of aromatic amines is 1. The van der Waals surface area contributed by atoms with E-state index in [1.165, 1.54) is 0 Å². The summed E-state index contributed by atoms with van der Waals surface area (Å²) in [5.41, 5.74) is 0. The molecule has 1 atom stereocenters. The van der Waals surface area contributed by atoms with Crippen LogP contribution >= 0.6 is 0 Å². The predicted molar refractivity (Wildman–Crippen MR) is 49.6 cm³/mol. The lowest BCUT2D eigenvalue weighted by Gasteiger charge is -2.25. The predicted octanol–water partition coefficient (Wildman–Crippen LogP) is 0.0293. The Bertz CT molecular complexity index is 257. The van der Waals surface area contributed by atoms with Gasteiger partial charge in [-0.15, -0.1) is 10.2 Å². The molecule has 6 nitrogen and oxygen atoms in total. The van der Waals surface area contributed by atoms with Gasteiger partial charge in [0.05, 0.1) is 6.04 Å². The fourth-order valence-corrected chi connectivity index (χ4v) is 1.65. The number of nitrogens with one attached hydrogen (secondary N) is 2. The molecule has 1 unspecified atom stereocenters. The molecule has 6 heteroatoms. The van der Waals surface area contributed by atoms with Gasteiger partial charge < -0.3 is 10.1 Å². The first-order valence-corrected chi connectivity index (χ1v) is 4.93. The topological polar surface area (TPSA) is 75.7 Å². The van der Waals surface area contributed by atoms with Crippen molar-refractivity contribution in [2.45, 2.75) is 31.8 Å². The van der Waals surface area contributed by atoms with Crippen LogP contribution in [0.1, 0.15) is 31.6 Å². The molecule has 1 aliphatic heterocycles. The third-order valence-corrected chi connectivity index (χ3v) is 2.46. The molecule has 2 rings (SSSR count). The molecule has 14 heavy (non-hydrogen) atoms. The summed E-state index contributed by atoms with van der Waals surface area (Å²) < 4.78 is 5.28. The molecule has 0 spiro atoms. The lowest BCUT2D eigenvalue weighted by atomic mass is 10.1. The van der Waals surface area contributed by atoms with Gasteiger partial charge in [-0.05, 0) is 19.8 Å². The van der Waals surface area contributed by atoms with Crippen LogP contribution in [0.25, 0.3) is 0 Å². The number of H-pyrrole nitrogens is 1. The number of ether oxygens (including phenoxy) is 1. The molecule has 0 aliphatic carbocycles. The van der Waals surface area contributed by atoms with Crippen LogP contribution < -0.4 is 5.32 Å². The zero-order valence-corrected chi connectivity index (χ0v) is 8.23. The number of hydrogen-bond donors (Lipinski definition) is 2. The normalized spacial score (nSPS) is 20.9. The van der Waals surface area contributed by atoms with E-state index in [9.17, 15) is 0 Å². The summed E-state index contributed by atoms with van der Waals surface area (Å²) in [5, 5.41) is 17.3. The third-order valence-electron chi connectivity index (χ3n) is 2.46. The molecule has 1 aromatic rings. The Balaban J connectivity index is 1.84. The van der Waals surface area contributed by atoms with Crippen LogP contribution in [0, 0.1) is 0 Å². The minimum Gasteiger partial charge on any atom is -0.381 e. The van der Waals surface area contributed by atoms with E-state index in [2.05, 4.69) is 25.9 Å². The van der Waals surface area contributed by atoms with Crippen LogP contribution in [0.3, 0.4) is 0 Å². The first-order chi connectivity index (χ1) is 6.86. The number of hydrogen-bond acceptors (Lipinski definition) is 5. The molecule has 0 saturated carbocycles. The molecule has 2 N–H and O–H groups in total. The van der Waals surface area contributed by atoms with Gasteiger partial charge >= 0.3 is 0 Å². The minimum atomic E-state index is 0.150. The zero-order chi connectivity index (χ0) is 9.80. The number of aromatic nitrogens is 4. The molecule has 1 fully saturated rings. The Morgan fingerprint density at radius 3 is 2.93 bits per heavy atom. The molecule has 0 bridgehead atoms. The van der Waals surface area contributed by atoms with Crippen LogP contribution in [-0.2, 0) is 4.74 Å². The largest absolute Gasteiger partial charge is 0.381 e. The van der Waals surface area contributed by atoms with Gasteiger partial charge in [0, 0.05) is 19.3 Å². The lowest BCUT2D eigenvalue weighted by Crippen LogP contribution is -2.36. The average Bonchev–Trinajstić information content (AvgIpc) is 2.72. The fourth-order valence-electron chi connectivity index (χ4n) is 1.65. The van der Waals surface area contributed by atoms with Gasteiger partial charge in [0.15, 0.2) is 5.82 Å². The van der Waals surface area contributed by atoms with Gasteiger partial charge in [-0.2, -0.15) is 5.21 Å². The summed E-state index contributed by atoms with van der Waals surface area (Å²) in [5.74, 6) is 0.719. The molecule has 0 aromatic carbocycles. The van der Waals surface area contributed by atoms with E-state index in [1.54, 1.807) is 0 Å². The van der Waals surface area contributed by atoms with Crippen molar-refractivity contribution in [3.63, 3.8) is 0 Å². The van der Waals surface area contributed by atoms with Gasteiger partial charge in [-0.1, -0.05) is 5.21 Å². The molecule has 2 heterocycles. The van der Waals surface area contributed by atoms with Crippen molar-refractivity contribution >= 4 is 0 Å². The second-order valence-corrected chi connectivity index (χ2v) is 3.55. The van der Waals surface area contributed by atoms with Crippen molar-refractivity contribution < 1.29 is 4.74 Å². The zero-order valence-electron chi connectivity index (χ0n) is 8.23. The summed E-state index contributed by atoms with van der Waals surface area (Å²) >= 11 is 0. The lowest BCUT2D eigenvalue weighted by molar-refractivity contribution is 0.0751. The SMILES string of the molecule is CC(NC1CCOCC1)c1nn[nH]n1. The molecule has 1 aromatic heterocycles. The summed E-state index contributed by atoms with van der Waals surface area (Å²) in [6.07, 6.45) is 2.12. The van der Waals surface area contributed by atoms with E-state index in [0.29, 0.717) is 6.04 Å². The first kappa shape index (κ1) is 9.54. The van der Waals surface area contributed by atoms with E-state index in [-0.39, 0.29) is 6.04 Å². The van der Waals surface area contributed by atoms with Crippen molar-refractivity contribution in [2.24, 2.45) is 0 Å². The summed E-state index contributed by atoms with van der Waals surface area (Å²) in [6.45, 7) is 3.73. The smallest absolute Gasteiger partial charge is 0.191 e. The highest BCUT2D eigenvalue weighted by atomic mass is 16.5. The van der Waals surface area contributed by atoms with Gasteiger partial charge in [0.1, 0.15) is 0 Å². The number of tetrazole rings is 1.